The summed E-state index contributed by atoms with van der Waals surface area (Å²) >= 11 is 0. The maximum absolute atomic E-state index is 12.1. The molecular formula is C14H18O7. The van der Waals surface area contributed by atoms with Crippen molar-refractivity contribution in [3.05, 3.63) is 27.3 Å². The number of esters is 1. The number of carbonyl (C=O) groups excluding carboxylic acids is 1. The van der Waals surface area contributed by atoms with Crippen molar-refractivity contribution in [3.8, 4) is 5.75 Å². The second-order valence-electron chi connectivity index (χ2n) is 4.74. The molecule has 0 radical (unpaired) electrons. The second-order valence-corrected chi connectivity index (χ2v) is 4.74. The lowest BCUT2D eigenvalue weighted by Gasteiger charge is -2.29. The average molecular weight is 298 g/mol. The highest BCUT2D eigenvalue weighted by atomic mass is 16.7. The van der Waals surface area contributed by atoms with Gasteiger partial charge in [0.2, 0.25) is 0 Å². The fourth-order valence-electron chi connectivity index (χ4n) is 2.29. The Morgan fingerprint density at radius 3 is 2.67 bits per heavy atom. The van der Waals surface area contributed by atoms with Crippen LogP contribution in [0.15, 0.2) is 9.21 Å². The molecule has 7 nitrogen and oxygen atoms in total. The zero-order valence-electron chi connectivity index (χ0n) is 12.4. The van der Waals surface area contributed by atoms with Crippen molar-refractivity contribution < 1.29 is 28.2 Å². The van der Waals surface area contributed by atoms with Gasteiger partial charge in [-0.25, -0.2) is 4.79 Å². The summed E-state index contributed by atoms with van der Waals surface area (Å²) in [7, 11) is 2.92. The normalized spacial score (nSPS) is 20.8. The summed E-state index contributed by atoms with van der Waals surface area (Å²) in [6.07, 6.45) is -0.400. The Bertz CT molecular complexity index is 590. The summed E-state index contributed by atoms with van der Waals surface area (Å²) < 4.78 is 26.4. The molecule has 21 heavy (non-hydrogen) atoms. The van der Waals surface area contributed by atoms with Crippen molar-refractivity contribution in [2.45, 2.75) is 39.3 Å². The van der Waals surface area contributed by atoms with Gasteiger partial charge in [0.25, 0.3) is 0 Å². The van der Waals surface area contributed by atoms with Crippen LogP contribution in [-0.4, -0.2) is 26.3 Å². The van der Waals surface area contributed by atoms with Crippen LogP contribution >= 0.6 is 0 Å². The van der Waals surface area contributed by atoms with E-state index < -0.39 is 17.9 Å². The monoisotopic (exact) mass is 298 g/mol. The quantitative estimate of drug-likeness (QED) is 0.775. The van der Waals surface area contributed by atoms with Gasteiger partial charge in [-0.3, -0.25) is 4.79 Å². The Kier molecular flexibility index (Phi) is 4.64. The number of hydrogen-bond donors (Lipinski definition) is 0. The summed E-state index contributed by atoms with van der Waals surface area (Å²) in [5, 5.41) is 0. The summed E-state index contributed by atoms with van der Waals surface area (Å²) in [5.74, 6) is 0.248. The number of methoxy groups -OCH3 is 2. The highest BCUT2D eigenvalue weighted by Gasteiger charge is 2.33. The molecule has 7 heteroatoms. The van der Waals surface area contributed by atoms with Crippen molar-refractivity contribution >= 4 is 5.97 Å². The molecular weight excluding hydrogens is 280 g/mol. The molecule has 0 aliphatic carbocycles. The molecule has 0 fully saturated rings. The van der Waals surface area contributed by atoms with Gasteiger partial charge < -0.3 is 23.4 Å². The third-order valence-electron chi connectivity index (χ3n) is 3.18. The lowest BCUT2D eigenvalue weighted by Crippen LogP contribution is -2.28. The molecule has 2 unspecified atom stereocenters. The number of hydrogen-bond acceptors (Lipinski definition) is 7. The van der Waals surface area contributed by atoms with Crippen LogP contribution in [0.2, 0.25) is 0 Å². The van der Waals surface area contributed by atoms with E-state index in [9.17, 15) is 9.59 Å². The fraction of sp³-hybridized carbons (Fsp3) is 0.571. The maximum Gasteiger partial charge on any atom is 0.346 e. The lowest BCUT2D eigenvalue weighted by molar-refractivity contribution is -0.167. The van der Waals surface area contributed by atoms with E-state index in [0.717, 1.165) is 0 Å². The highest BCUT2D eigenvalue weighted by molar-refractivity contribution is 5.66. The van der Waals surface area contributed by atoms with E-state index in [1.807, 2.05) is 6.92 Å². The molecule has 0 saturated heterocycles. The van der Waals surface area contributed by atoms with E-state index in [2.05, 4.69) is 0 Å². The molecule has 0 N–H and O–H groups in total. The van der Waals surface area contributed by atoms with E-state index in [1.165, 1.54) is 21.1 Å². The smallest absolute Gasteiger partial charge is 0.346 e. The van der Waals surface area contributed by atoms with Gasteiger partial charge in [0.1, 0.15) is 23.7 Å². The van der Waals surface area contributed by atoms with Crippen LogP contribution in [-0.2, 0) is 32.0 Å². The Morgan fingerprint density at radius 2 is 2.10 bits per heavy atom. The van der Waals surface area contributed by atoms with E-state index >= 15 is 0 Å². The van der Waals surface area contributed by atoms with Crippen molar-refractivity contribution in [3.63, 3.8) is 0 Å². The molecule has 2 atom stereocenters. The first-order valence-corrected chi connectivity index (χ1v) is 6.52. The standard InChI is InChI=1S/C14H18O7/c1-7-5-10-11(14(18-4)20-7)12(17-3)9(13(16)21-10)6-19-8(2)15/h7,14H,5-6H2,1-4H3. The van der Waals surface area contributed by atoms with Gasteiger partial charge in [-0.2, -0.15) is 0 Å². The van der Waals surface area contributed by atoms with Crippen LogP contribution in [0.25, 0.3) is 0 Å². The molecule has 1 aromatic rings. The average Bonchev–Trinajstić information content (AvgIpc) is 2.43. The highest BCUT2D eigenvalue weighted by Crippen LogP contribution is 2.38. The van der Waals surface area contributed by atoms with Gasteiger partial charge in [-0.1, -0.05) is 0 Å². The zero-order valence-corrected chi connectivity index (χ0v) is 12.4. The zero-order chi connectivity index (χ0) is 15.6. The first-order chi connectivity index (χ1) is 9.97. The second kappa shape index (κ2) is 6.28. The van der Waals surface area contributed by atoms with Crippen LogP contribution in [0, 0.1) is 0 Å². The van der Waals surface area contributed by atoms with E-state index in [1.54, 1.807) is 0 Å². The van der Waals surface area contributed by atoms with E-state index in [4.69, 9.17) is 23.4 Å². The van der Waals surface area contributed by atoms with E-state index in [-0.39, 0.29) is 24.0 Å². The number of carbonyl (C=O) groups is 1. The minimum atomic E-state index is -0.695. The van der Waals surface area contributed by atoms with Crippen molar-refractivity contribution in [1.29, 1.82) is 0 Å². The molecule has 0 spiro atoms. The molecule has 0 amide bonds. The van der Waals surface area contributed by atoms with Crippen molar-refractivity contribution in [2.24, 2.45) is 0 Å². The minimum absolute atomic E-state index is 0.131. The maximum atomic E-state index is 12.1. The molecule has 0 saturated carbocycles. The lowest BCUT2D eigenvalue weighted by atomic mass is 10.0. The molecule has 0 aromatic carbocycles. The van der Waals surface area contributed by atoms with Crippen LogP contribution in [0.1, 0.15) is 37.0 Å². The van der Waals surface area contributed by atoms with E-state index in [0.29, 0.717) is 17.7 Å². The summed E-state index contributed by atoms with van der Waals surface area (Å²) in [4.78, 5) is 23.0. The molecule has 2 heterocycles. The van der Waals surface area contributed by atoms with Crippen LogP contribution in [0.5, 0.6) is 5.75 Å². The topological polar surface area (TPSA) is 84.2 Å². The van der Waals surface area contributed by atoms with Crippen molar-refractivity contribution in [1.82, 2.24) is 0 Å². The fourth-order valence-corrected chi connectivity index (χ4v) is 2.29. The largest absolute Gasteiger partial charge is 0.495 e. The van der Waals surface area contributed by atoms with Crippen LogP contribution < -0.4 is 10.4 Å². The number of ether oxygens (including phenoxy) is 4. The Balaban J connectivity index is 2.54. The van der Waals surface area contributed by atoms with Crippen LogP contribution in [0.4, 0.5) is 0 Å². The van der Waals surface area contributed by atoms with Gasteiger partial charge >= 0.3 is 11.6 Å². The Hall–Kier alpha value is -1.86. The van der Waals surface area contributed by atoms with Gasteiger partial charge in [-0.05, 0) is 6.92 Å². The SMILES string of the molecule is COc1c2c(oc(=O)c1COC(C)=O)CC(C)OC2OC. The molecule has 1 aromatic heterocycles. The third kappa shape index (κ3) is 3.08. The van der Waals surface area contributed by atoms with Crippen molar-refractivity contribution in [2.75, 3.05) is 14.2 Å². The number of fused-ring (bicyclic) bond motifs is 1. The molecule has 0 bridgehead atoms. The van der Waals surface area contributed by atoms with Gasteiger partial charge in [0.15, 0.2) is 6.29 Å². The predicted octanol–water partition coefficient (Wildman–Crippen LogP) is 1.32. The summed E-state index contributed by atoms with van der Waals surface area (Å²) in [6.45, 7) is 2.89. The Morgan fingerprint density at radius 1 is 1.38 bits per heavy atom. The summed E-state index contributed by atoms with van der Waals surface area (Å²) in [5.41, 5.74) is 0.0716. The molecule has 1 aliphatic rings. The molecule has 1 aliphatic heterocycles. The number of rotatable bonds is 4. The minimum Gasteiger partial charge on any atom is -0.495 e. The van der Waals surface area contributed by atoms with Gasteiger partial charge in [-0.15, -0.1) is 0 Å². The molecule has 2 rings (SSSR count). The first-order valence-electron chi connectivity index (χ1n) is 6.52. The van der Waals surface area contributed by atoms with Gasteiger partial charge in [0, 0.05) is 20.5 Å². The predicted molar refractivity (Wildman–Crippen MR) is 71.0 cm³/mol. The van der Waals surface area contributed by atoms with Gasteiger partial charge in [0.05, 0.1) is 18.8 Å². The Labute approximate surface area is 121 Å². The third-order valence-corrected chi connectivity index (χ3v) is 3.18. The molecule has 116 valence electrons. The summed E-state index contributed by atoms with van der Waals surface area (Å²) in [6, 6.07) is 0. The first kappa shape index (κ1) is 15.5. The van der Waals surface area contributed by atoms with Crippen LogP contribution in [0.3, 0.4) is 0 Å².